The van der Waals surface area contributed by atoms with Gasteiger partial charge >= 0.3 is 0 Å². The van der Waals surface area contributed by atoms with Gasteiger partial charge in [0.15, 0.2) is 0 Å². The van der Waals surface area contributed by atoms with E-state index < -0.39 is 11.0 Å². The molecule has 7 nitrogen and oxygen atoms in total. The van der Waals surface area contributed by atoms with Crippen LogP contribution >= 0.6 is 11.6 Å². The monoisotopic (exact) mass is 341 g/mol. The molecule has 23 heavy (non-hydrogen) atoms. The molecule has 2 N–H and O–H groups in total. The number of hydrogen-bond donors (Lipinski definition) is 2. The molecule has 0 spiro atoms. The molecule has 2 rings (SSSR count). The Balaban J connectivity index is 2.00. The molecule has 0 aromatic heterocycles. The van der Waals surface area contributed by atoms with E-state index in [9.17, 15) is 20.0 Å². The van der Waals surface area contributed by atoms with Crippen LogP contribution in [0.25, 0.3) is 0 Å². The lowest BCUT2D eigenvalue weighted by atomic mass is 9.98. The number of nitro groups is 1. The molecule has 1 amide bonds. The Labute approximate surface area is 139 Å². The van der Waals surface area contributed by atoms with E-state index in [-0.39, 0.29) is 29.2 Å². The van der Waals surface area contributed by atoms with Crippen LogP contribution < -0.4 is 5.32 Å². The van der Waals surface area contributed by atoms with Gasteiger partial charge in [0.1, 0.15) is 0 Å². The summed E-state index contributed by atoms with van der Waals surface area (Å²) in [5.41, 5.74) is 0.214. The highest BCUT2D eigenvalue weighted by Gasteiger charge is 2.27. The molecule has 0 bridgehead atoms. The van der Waals surface area contributed by atoms with Gasteiger partial charge in [-0.15, -0.1) is 0 Å². The number of likely N-dealkylation sites (tertiary alicyclic amines) is 1. The Hall–Kier alpha value is -1.70. The van der Waals surface area contributed by atoms with E-state index in [0.29, 0.717) is 5.69 Å². The lowest BCUT2D eigenvalue weighted by Gasteiger charge is -2.36. The zero-order valence-electron chi connectivity index (χ0n) is 12.9. The Morgan fingerprint density at radius 2 is 2.30 bits per heavy atom. The number of rotatable bonds is 5. The fraction of sp³-hybridized carbons (Fsp3) is 0.533. The average Bonchev–Trinajstić information content (AvgIpc) is 2.49. The van der Waals surface area contributed by atoms with E-state index in [2.05, 4.69) is 5.32 Å². The molecule has 1 aromatic carbocycles. The Kier molecular flexibility index (Phi) is 5.92. The number of nitro benzene ring substituents is 1. The second kappa shape index (κ2) is 7.72. The normalized spacial score (nSPS) is 20.0. The lowest BCUT2D eigenvalue weighted by Crippen LogP contribution is -2.48. The van der Waals surface area contributed by atoms with Crippen LogP contribution in [0.1, 0.15) is 26.2 Å². The summed E-state index contributed by atoms with van der Waals surface area (Å²) in [5.74, 6) is -0.256. The molecule has 8 heteroatoms. The van der Waals surface area contributed by atoms with Crippen molar-refractivity contribution in [2.24, 2.45) is 0 Å². The highest BCUT2D eigenvalue weighted by Crippen LogP contribution is 2.27. The summed E-state index contributed by atoms with van der Waals surface area (Å²) in [6.07, 6.45) is 2.41. The fourth-order valence-corrected chi connectivity index (χ4v) is 3.07. The minimum atomic E-state index is -0.543. The van der Waals surface area contributed by atoms with E-state index >= 15 is 0 Å². The first-order valence-electron chi connectivity index (χ1n) is 7.54. The summed E-state index contributed by atoms with van der Waals surface area (Å²) >= 11 is 5.97. The minimum absolute atomic E-state index is 0.0261. The first-order chi connectivity index (χ1) is 10.9. The zero-order valence-corrected chi connectivity index (χ0v) is 13.6. The van der Waals surface area contributed by atoms with Crippen molar-refractivity contribution in [1.29, 1.82) is 0 Å². The Morgan fingerprint density at radius 3 is 2.91 bits per heavy atom. The molecular weight excluding hydrogens is 322 g/mol. The molecule has 1 heterocycles. The number of non-ortho nitro benzene ring substituents is 1. The van der Waals surface area contributed by atoms with E-state index in [1.807, 2.05) is 4.90 Å². The Morgan fingerprint density at radius 1 is 1.57 bits per heavy atom. The van der Waals surface area contributed by atoms with Crippen LogP contribution in [0.3, 0.4) is 0 Å². The van der Waals surface area contributed by atoms with Crippen LogP contribution in [0.5, 0.6) is 0 Å². The molecule has 1 saturated heterocycles. The van der Waals surface area contributed by atoms with Crippen molar-refractivity contribution in [3.05, 3.63) is 33.3 Å². The van der Waals surface area contributed by atoms with Crippen molar-refractivity contribution < 1.29 is 14.8 Å². The minimum Gasteiger partial charge on any atom is -0.392 e. The Bertz CT molecular complexity index is 594. The number of carbonyl (C=O) groups excluding carboxylic acids is 1. The molecule has 1 fully saturated rings. The number of benzene rings is 1. The second-order valence-corrected chi connectivity index (χ2v) is 6.15. The average molecular weight is 342 g/mol. The van der Waals surface area contributed by atoms with E-state index in [1.54, 1.807) is 6.92 Å². The van der Waals surface area contributed by atoms with Gasteiger partial charge in [-0.3, -0.25) is 19.8 Å². The van der Waals surface area contributed by atoms with Crippen molar-refractivity contribution in [1.82, 2.24) is 4.90 Å². The summed E-state index contributed by atoms with van der Waals surface area (Å²) in [5, 5.41) is 23.3. The van der Waals surface area contributed by atoms with Gasteiger partial charge < -0.3 is 10.4 Å². The smallest absolute Gasteiger partial charge is 0.271 e. The van der Waals surface area contributed by atoms with Crippen molar-refractivity contribution in [2.45, 2.75) is 38.3 Å². The fourth-order valence-electron chi connectivity index (χ4n) is 2.85. The number of nitrogens with zero attached hydrogens (tertiary/aromatic N) is 2. The number of hydrogen-bond acceptors (Lipinski definition) is 5. The largest absolute Gasteiger partial charge is 0.392 e. The molecule has 1 aliphatic rings. The lowest BCUT2D eigenvalue weighted by molar-refractivity contribution is -0.384. The molecule has 1 aliphatic heterocycles. The summed E-state index contributed by atoms with van der Waals surface area (Å²) < 4.78 is 0. The second-order valence-electron chi connectivity index (χ2n) is 5.74. The molecule has 2 atom stereocenters. The number of carbonyl (C=O) groups is 1. The van der Waals surface area contributed by atoms with Crippen molar-refractivity contribution in [3.8, 4) is 0 Å². The van der Waals surface area contributed by atoms with Crippen LogP contribution in [0.4, 0.5) is 11.4 Å². The summed E-state index contributed by atoms with van der Waals surface area (Å²) in [7, 11) is 0. The molecule has 2 unspecified atom stereocenters. The maximum atomic E-state index is 12.2. The van der Waals surface area contributed by atoms with Gasteiger partial charge in [-0.25, -0.2) is 0 Å². The first-order valence-corrected chi connectivity index (χ1v) is 7.92. The van der Waals surface area contributed by atoms with Crippen molar-refractivity contribution >= 4 is 28.9 Å². The number of aliphatic hydroxyl groups is 1. The predicted molar refractivity (Wildman–Crippen MR) is 87.6 cm³/mol. The SMILES string of the molecule is CC(O)C1CCCCN1CC(=O)Nc1ccc([N+](=O)[O-])cc1Cl. The summed E-state index contributed by atoms with van der Waals surface area (Å²) in [6.45, 7) is 2.65. The van der Waals surface area contributed by atoms with Crippen LogP contribution in [0, 0.1) is 10.1 Å². The maximum Gasteiger partial charge on any atom is 0.271 e. The summed E-state index contributed by atoms with van der Waals surface area (Å²) in [6, 6.07) is 3.89. The third-order valence-corrected chi connectivity index (χ3v) is 4.32. The van der Waals surface area contributed by atoms with Gasteiger partial charge in [0.2, 0.25) is 5.91 Å². The maximum absolute atomic E-state index is 12.2. The molecule has 0 saturated carbocycles. The quantitative estimate of drug-likeness (QED) is 0.633. The predicted octanol–water partition coefficient (Wildman–Crippen LogP) is 2.42. The molecule has 126 valence electrons. The van der Waals surface area contributed by atoms with Gasteiger partial charge in [-0.2, -0.15) is 0 Å². The highest BCUT2D eigenvalue weighted by molar-refractivity contribution is 6.34. The standard InChI is InChI=1S/C15H20ClN3O4/c1-10(20)14-4-2-3-7-18(14)9-15(21)17-13-6-5-11(19(22)23)8-12(13)16/h5-6,8,10,14,20H,2-4,7,9H2,1H3,(H,17,21). The molecule has 1 aromatic rings. The van der Waals surface area contributed by atoms with Crippen LogP contribution in [0.2, 0.25) is 5.02 Å². The van der Waals surface area contributed by atoms with Crippen LogP contribution in [-0.2, 0) is 4.79 Å². The van der Waals surface area contributed by atoms with E-state index in [4.69, 9.17) is 11.6 Å². The molecule has 0 radical (unpaired) electrons. The number of aliphatic hydroxyl groups excluding tert-OH is 1. The van der Waals surface area contributed by atoms with Crippen molar-refractivity contribution in [2.75, 3.05) is 18.4 Å². The van der Waals surface area contributed by atoms with Crippen LogP contribution in [0.15, 0.2) is 18.2 Å². The summed E-state index contributed by atoms with van der Waals surface area (Å²) in [4.78, 5) is 24.3. The number of piperidine rings is 1. The van der Waals surface area contributed by atoms with Gasteiger partial charge in [-0.1, -0.05) is 18.0 Å². The molecule has 0 aliphatic carbocycles. The zero-order chi connectivity index (χ0) is 17.0. The van der Waals surface area contributed by atoms with Crippen LogP contribution in [-0.4, -0.2) is 46.1 Å². The van der Waals surface area contributed by atoms with Crippen molar-refractivity contribution in [3.63, 3.8) is 0 Å². The van der Waals surface area contributed by atoms with E-state index in [0.717, 1.165) is 25.8 Å². The van der Waals surface area contributed by atoms with Gasteiger partial charge in [0.25, 0.3) is 5.69 Å². The number of halogens is 1. The number of anilines is 1. The first kappa shape index (κ1) is 17.7. The third-order valence-electron chi connectivity index (χ3n) is 4.01. The number of amides is 1. The highest BCUT2D eigenvalue weighted by atomic mass is 35.5. The molecular formula is C15H20ClN3O4. The van der Waals surface area contributed by atoms with Gasteiger partial charge in [-0.05, 0) is 32.4 Å². The number of nitrogens with one attached hydrogen (secondary N) is 1. The van der Waals surface area contributed by atoms with E-state index in [1.165, 1.54) is 18.2 Å². The third kappa shape index (κ3) is 4.63. The topological polar surface area (TPSA) is 95.7 Å². The van der Waals surface area contributed by atoms with Gasteiger partial charge in [0, 0.05) is 18.2 Å². The van der Waals surface area contributed by atoms with Gasteiger partial charge in [0.05, 0.1) is 28.3 Å².